The molecule has 1 aliphatic rings. The van der Waals surface area contributed by atoms with Crippen LogP contribution < -0.4 is 4.72 Å². The fourth-order valence-corrected chi connectivity index (χ4v) is 3.78. The van der Waals surface area contributed by atoms with E-state index in [0.717, 1.165) is 11.3 Å². The minimum atomic E-state index is -3.75. The van der Waals surface area contributed by atoms with Crippen LogP contribution in [0.25, 0.3) is 0 Å². The van der Waals surface area contributed by atoms with Gasteiger partial charge in [-0.25, -0.2) is 13.4 Å². The number of carbonyl (C=O) groups is 1. The molecule has 2 rings (SSSR count). The molecule has 8 heteroatoms. The predicted octanol–water partition coefficient (Wildman–Crippen LogP) is 0.347. The smallest absolute Gasteiger partial charge is 0.324 e. The van der Waals surface area contributed by atoms with Crippen LogP contribution in [0.2, 0.25) is 0 Å². The van der Waals surface area contributed by atoms with Gasteiger partial charge in [-0.15, -0.1) is 11.3 Å². The Kier molecular flexibility index (Phi) is 2.52. The molecule has 88 valence electrons. The number of rotatable bonds is 4. The van der Waals surface area contributed by atoms with Crippen molar-refractivity contribution in [1.29, 1.82) is 0 Å². The van der Waals surface area contributed by atoms with E-state index in [1.807, 2.05) is 0 Å². The monoisotopic (exact) mass is 262 g/mol. The molecule has 1 fully saturated rings. The number of carboxylic acids is 1. The SMILES string of the molecule is Cc1ncc(S(=O)(=O)NC2(C(=O)O)CC2)s1. The fraction of sp³-hybridized carbons (Fsp3) is 0.500. The molecular formula is C8H10N2O4S2. The minimum Gasteiger partial charge on any atom is -0.480 e. The number of nitrogens with one attached hydrogen (secondary N) is 1. The lowest BCUT2D eigenvalue weighted by Crippen LogP contribution is -2.42. The molecule has 6 nitrogen and oxygen atoms in total. The molecular weight excluding hydrogens is 252 g/mol. The van der Waals surface area contributed by atoms with Crippen LogP contribution in [0, 0.1) is 6.92 Å². The summed E-state index contributed by atoms with van der Waals surface area (Å²) in [4.78, 5) is 14.7. The van der Waals surface area contributed by atoms with Crippen molar-refractivity contribution in [2.75, 3.05) is 0 Å². The lowest BCUT2D eigenvalue weighted by molar-refractivity contribution is -0.140. The second-order valence-corrected chi connectivity index (χ2v) is 6.84. The Bertz CT molecular complexity index is 530. The Morgan fingerprint density at radius 1 is 1.62 bits per heavy atom. The number of nitrogens with zero attached hydrogens (tertiary/aromatic N) is 1. The van der Waals surface area contributed by atoms with Gasteiger partial charge in [-0.3, -0.25) is 4.79 Å². The van der Waals surface area contributed by atoms with Gasteiger partial charge in [0.05, 0.1) is 11.2 Å². The normalized spacial score (nSPS) is 18.3. The summed E-state index contributed by atoms with van der Waals surface area (Å²) in [7, 11) is -3.75. The molecule has 0 atom stereocenters. The average molecular weight is 262 g/mol. The first-order valence-corrected chi connectivity index (χ1v) is 6.85. The maximum Gasteiger partial charge on any atom is 0.324 e. The summed E-state index contributed by atoms with van der Waals surface area (Å²) in [6.45, 7) is 1.69. The van der Waals surface area contributed by atoms with Gasteiger partial charge >= 0.3 is 5.97 Å². The summed E-state index contributed by atoms with van der Waals surface area (Å²) in [5.41, 5.74) is -1.29. The largest absolute Gasteiger partial charge is 0.480 e. The quantitative estimate of drug-likeness (QED) is 0.816. The second kappa shape index (κ2) is 3.51. The molecule has 1 aliphatic carbocycles. The Morgan fingerprint density at radius 3 is 2.62 bits per heavy atom. The van der Waals surface area contributed by atoms with E-state index in [1.54, 1.807) is 6.92 Å². The van der Waals surface area contributed by atoms with Gasteiger partial charge in [-0.2, -0.15) is 4.72 Å². The standard InChI is InChI=1S/C8H10N2O4S2/c1-5-9-4-6(15-5)16(13,14)10-8(2-3-8)7(11)12/h4,10H,2-3H2,1H3,(H,11,12). The van der Waals surface area contributed by atoms with Gasteiger partial charge in [0.2, 0.25) is 0 Å². The van der Waals surface area contributed by atoms with Crippen LogP contribution >= 0.6 is 11.3 Å². The van der Waals surface area contributed by atoms with Crippen LogP contribution in [-0.4, -0.2) is 30.0 Å². The zero-order valence-electron chi connectivity index (χ0n) is 8.43. The number of carboxylic acid groups (broad SMARTS) is 1. The summed E-state index contributed by atoms with van der Waals surface area (Å²) in [5, 5.41) is 9.51. The molecule has 0 amide bonds. The van der Waals surface area contributed by atoms with Gasteiger partial charge in [-0.05, 0) is 19.8 Å². The van der Waals surface area contributed by atoms with E-state index in [1.165, 1.54) is 6.20 Å². The third-order valence-corrected chi connectivity index (χ3v) is 5.26. The molecule has 1 heterocycles. The maximum atomic E-state index is 11.8. The van der Waals surface area contributed by atoms with Crippen molar-refractivity contribution >= 4 is 27.3 Å². The first kappa shape index (κ1) is 11.5. The Labute approximate surface area is 96.4 Å². The second-order valence-electron chi connectivity index (χ2n) is 3.69. The van der Waals surface area contributed by atoms with Crippen LogP contribution in [-0.2, 0) is 14.8 Å². The van der Waals surface area contributed by atoms with E-state index in [-0.39, 0.29) is 4.21 Å². The van der Waals surface area contributed by atoms with Gasteiger partial charge in [-0.1, -0.05) is 0 Å². The molecule has 0 unspecified atom stereocenters. The highest BCUT2D eigenvalue weighted by atomic mass is 32.2. The predicted molar refractivity (Wildman–Crippen MR) is 56.8 cm³/mol. The third-order valence-electron chi connectivity index (χ3n) is 2.35. The lowest BCUT2D eigenvalue weighted by Gasteiger charge is -2.10. The zero-order valence-corrected chi connectivity index (χ0v) is 10.1. The number of hydrogen-bond donors (Lipinski definition) is 2. The van der Waals surface area contributed by atoms with Crippen LogP contribution in [0.15, 0.2) is 10.4 Å². The first-order chi connectivity index (χ1) is 7.36. The van der Waals surface area contributed by atoms with Crippen LogP contribution in [0.4, 0.5) is 0 Å². The molecule has 0 spiro atoms. The van der Waals surface area contributed by atoms with Gasteiger partial charge in [0.25, 0.3) is 10.0 Å². The molecule has 1 aromatic rings. The number of sulfonamides is 1. The molecule has 0 aliphatic heterocycles. The molecule has 0 radical (unpaired) electrons. The van der Waals surface area contributed by atoms with E-state index in [0.29, 0.717) is 17.8 Å². The van der Waals surface area contributed by atoms with E-state index < -0.39 is 21.5 Å². The molecule has 0 aromatic carbocycles. The topological polar surface area (TPSA) is 96.4 Å². The molecule has 1 aromatic heterocycles. The fourth-order valence-electron chi connectivity index (χ4n) is 1.26. The van der Waals surface area contributed by atoms with E-state index in [4.69, 9.17) is 5.11 Å². The van der Waals surface area contributed by atoms with E-state index >= 15 is 0 Å². The Balaban J connectivity index is 2.25. The summed E-state index contributed by atoms with van der Waals surface area (Å²) < 4.78 is 25.9. The van der Waals surface area contributed by atoms with E-state index in [9.17, 15) is 13.2 Å². The van der Waals surface area contributed by atoms with Crippen LogP contribution in [0.5, 0.6) is 0 Å². The minimum absolute atomic E-state index is 0.0533. The number of aliphatic carboxylic acids is 1. The number of aromatic nitrogens is 1. The molecule has 0 saturated heterocycles. The van der Waals surface area contributed by atoms with Crippen molar-refractivity contribution in [2.24, 2.45) is 0 Å². The average Bonchev–Trinajstić information content (AvgIpc) is 2.79. The zero-order chi connectivity index (χ0) is 12.0. The van der Waals surface area contributed by atoms with Crippen LogP contribution in [0.3, 0.4) is 0 Å². The molecule has 1 saturated carbocycles. The van der Waals surface area contributed by atoms with Gasteiger partial charge in [0.15, 0.2) is 4.21 Å². The molecule has 0 bridgehead atoms. The van der Waals surface area contributed by atoms with Gasteiger partial charge < -0.3 is 5.11 Å². The van der Waals surface area contributed by atoms with Crippen molar-refractivity contribution in [3.8, 4) is 0 Å². The summed E-state index contributed by atoms with van der Waals surface area (Å²) in [6, 6.07) is 0. The van der Waals surface area contributed by atoms with Crippen molar-refractivity contribution in [1.82, 2.24) is 9.71 Å². The summed E-state index contributed by atoms with van der Waals surface area (Å²) >= 11 is 1.02. The Hall–Kier alpha value is -0.990. The van der Waals surface area contributed by atoms with Crippen molar-refractivity contribution in [2.45, 2.75) is 29.5 Å². The highest BCUT2D eigenvalue weighted by molar-refractivity contribution is 7.91. The number of aryl methyl sites for hydroxylation is 1. The first-order valence-electron chi connectivity index (χ1n) is 4.56. The van der Waals surface area contributed by atoms with Crippen LogP contribution in [0.1, 0.15) is 17.8 Å². The van der Waals surface area contributed by atoms with Crippen molar-refractivity contribution < 1.29 is 18.3 Å². The van der Waals surface area contributed by atoms with Gasteiger partial charge in [0.1, 0.15) is 5.54 Å². The highest BCUT2D eigenvalue weighted by Gasteiger charge is 2.53. The number of thiazole rings is 1. The lowest BCUT2D eigenvalue weighted by atomic mass is 10.3. The maximum absolute atomic E-state index is 11.8. The highest BCUT2D eigenvalue weighted by Crippen LogP contribution is 2.37. The summed E-state index contributed by atoms with van der Waals surface area (Å²) in [5.74, 6) is -1.13. The van der Waals surface area contributed by atoms with Gasteiger partial charge in [0, 0.05) is 0 Å². The van der Waals surface area contributed by atoms with E-state index in [2.05, 4.69) is 9.71 Å². The Morgan fingerprint density at radius 2 is 2.25 bits per heavy atom. The summed E-state index contributed by atoms with van der Waals surface area (Å²) in [6.07, 6.45) is 1.90. The van der Waals surface area contributed by atoms with Crippen molar-refractivity contribution in [3.63, 3.8) is 0 Å². The third kappa shape index (κ3) is 1.95. The number of hydrogen-bond acceptors (Lipinski definition) is 5. The molecule has 2 N–H and O–H groups in total. The van der Waals surface area contributed by atoms with Crippen molar-refractivity contribution in [3.05, 3.63) is 11.2 Å². The molecule has 16 heavy (non-hydrogen) atoms.